The van der Waals surface area contributed by atoms with Gasteiger partial charge in [0.2, 0.25) is 0 Å². The van der Waals surface area contributed by atoms with E-state index in [4.69, 9.17) is 4.74 Å². The number of hydrogen-bond donors (Lipinski definition) is 0. The van der Waals surface area contributed by atoms with Crippen LogP contribution in [-0.2, 0) is 0 Å². The molecule has 0 aliphatic rings. The average Bonchev–Trinajstić information content (AvgIpc) is 2.50. The Morgan fingerprint density at radius 3 is 2.19 bits per heavy atom. The molecule has 0 radical (unpaired) electrons. The van der Waals surface area contributed by atoms with E-state index >= 15 is 0 Å². The molecule has 0 bridgehead atoms. The summed E-state index contributed by atoms with van der Waals surface area (Å²) in [4.78, 5) is 0. The summed E-state index contributed by atoms with van der Waals surface area (Å²) in [6.07, 6.45) is 11.4. The molecule has 0 heterocycles. The molecule has 0 saturated carbocycles. The highest BCUT2D eigenvalue weighted by Gasteiger charge is 2.14. The molecule has 0 N–H and O–H groups in total. The second-order valence-electron chi connectivity index (χ2n) is 5.94. The van der Waals surface area contributed by atoms with Crippen LogP contribution in [0.5, 0.6) is 5.75 Å². The number of ether oxygens (including phenoxy) is 1. The monoisotopic (exact) mass is 294 g/mol. The molecular formula is C19H31FO. The van der Waals surface area contributed by atoms with E-state index in [-0.39, 0.29) is 5.82 Å². The Labute approximate surface area is 129 Å². The molecule has 0 aliphatic carbocycles. The van der Waals surface area contributed by atoms with Crippen molar-refractivity contribution in [3.05, 3.63) is 29.6 Å². The number of hydrogen-bond acceptors (Lipinski definition) is 1. The molecule has 21 heavy (non-hydrogen) atoms. The van der Waals surface area contributed by atoms with Gasteiger partial charge >= 0.3 is 0 Å². The predicted molar refractivity (Wildman–Crippen MR) is 88.6 cm³/mol. The Bertz CT molecular complexity index is 389. The van der Waals surface area contributed by atoms with Gasteiger partial charge in [0, 0.05) is 0 Å². The minimum Gasteiger partial charge on any atom is -0.494 e. The lowest BCUT2D eigenvalue weighted by molar-refractivity contribution is 0.384. The first-order chi connectivity index (χ1) is 10.2. The molecule has 1 nitrogen and oxygen atoms in total. The van der Waals surface area contributed by atoms with E-state index in [1.807, 2.05) is 12.1 Å². The topological polar surface area (TPSA) is 9.23 Å². The zero-order chi connectivity index (χ0) is 15.5. The summed E-state index contributed by atoms with van der Waals surface area (Å²) >= 11 is 0. The third-order valence-corrected chi connectivity index (χ3v) is 4.21. The molecule has 1 aromatic rings. The fourth-order valence-corrected chi connectivity index (χ4v) is 2.87. The van der Waals surface area contributed by atoms with E-state index in [1.165, 1.54) is 70.5 Å². The van der Waals surface area contributed by atoms with Crippen LogP contribution in [0.25, 0.3) is 0 Å². The van der Waals surface area contributed by atoms with E-state index in [2.05, 4.69) is 13.8 Å². The maximum Gasteiger partial charge on any atom is 0.165 e. The van der Waals surface area contributed by atoms with Gasteiger partial charge in [-0.3, -0.25) is 0 Å². The minimum atomic E-state index is -0.264. The van der Waals surface area contributed by atoms with Crippen molar-refractivity contribution in [2.24, 2.45) is 0 Å². The zero-order valence-electron chi connectivity index (χ0n) is 14.0. The van der Waals surface area contributed by atoms with Crippen molar-refractivity contribution in [3.8, 4) is 5.75 Å². The zero-order valence-corrected chi connectivity index (χ0v) is 14.0. The third-order valence-electron chi connectivity index (χ3n) is 4.21. The van der Waals surface area contributed by atoms with Crippen LogP contribution >= 0.6 is 0 Å². The molecule has 0 spiro atoms. The molecule has 120 valence electrons. The number of halogens is 1. The highest BCUT2D eigenvalue weighted by molar-refractivity contribution is 5.32. The molecule has 0 fully saturated rings. The first kappa shape index (κ1) is 18.0. The molecule has 0 aliphatic heterocycles. The SMILES string of the molecule is CCCCCCC(CCCCC)c1ccc(F)c(OC)c1. The second-order valence-corrected chi connectivity index (χ2v) is 5.94. The minimum absolute atomic E-state index is 0.264. The van der Waals surface area contributed by atoms with Gasteiger partial charge in [0.25, 0.3) is 0 Å². The highest BCUT2D eigenvalue weighted by atomic mass is 19.1. The van der Waals surface area contributed by atoms with Crippen molar-refractivity contribution >= 4 is 0 Å². The molecular weight excluding hydrogens is 263 g/mol. The third kappa shape index (κ3) is 6.50. The van der Waals surface area contributed by atoms with Crippen molar-refractivity contribution in [1.82, 2.24) is 0 Å². The number of benzene rings is 1. The molecule has 1 aromatic carbocycles. The smallest absolute Gasteiger partial charge is 0.165 e. The van der Waals surface area contributed by atoms with E-state index in [0.29, 0.717) is 11.7 Å². The Balaban J connectivity index is 2.68. The van der Waals surface area contributed by atoms with Crippen LogP contribution in [0.15, 0.2) is 18.2 Å². The highest BCUT2D eigenvalue weighted by Crippen LogP contribution is 2.31. The van der Waals surface area contributed by atoms with Gasteiger partial charge in [-0.15, -0.1) is 0 Å². The van der Waals surface area contributed by atoms with Crippen molar-refractivity contribution in [3.63, 3.8) is 0 Å². The van der Waals surface area contributed by atoms with Gasteiger partial charge in [-0.2, -0.15) is 0 Å². The lowest BCUT2D eigenvalue weighted by Crippen LogP contribution is -2.01. The maximum atomic E-state index is 13.6. The van der Waals surface area contributed by atoms with Gasteiger partial charge in [0.1, 0.15) is 0 Å². The first-order valence-corrected chi connectivity index (χ1v) is 8.56. The summed E-state index contributed by atoms with van der Waals surface area (Å²) < 4.78 is 18.7. The Hall–Kier alpha value is -1.05. The summed E-state index contributed by atoms with van der Waals surface area (Å²) in [5.41, 5.74) is 1.24. The fraction of sp³-hybridized carbons (Fsp3) is 0.684. The van der Waals surface area contributed by atoms with Crippen LogP contribution in [0.1, 0.15) is 83.1 Å². The number of rotatable bonds is 11. The molecule has 1 atom stereocenters. The lowest BCUT2D eigenvalue weighted by atomic mass is 9.88. The summed E-state index contributed by atoms with van der Waals surface area (Å²) in [6, 6.07) is 5.38. The molecule has 0 aromatic heterocycles. The number of unbranched alkanes of at least 4 members (excludes halogenated alkanes) is 5. The van der Waals surface area contributed by atoms with E-state index < -0.39 is 0 Å². The summed E-state index contributed by atoms with van der Waals surface area (Å²) in [7, 11) is 1.54. The van der Waals surface area contributed by atoms with E-state index in [9.17, 15) is 4.39 Å². The molecule has 1 rings (SSSR count). The van der Waals surface area contributed by atoms with Crippen molar-refractivity contribution in [1.29, 1.82) is 0 Å². The lowest BCUT2D eigenvalue weighted by Gasteiger charge is -2.18. The largest absolute Gasteiger partial charge is 0.494 e. The van der Waals surface area contributed by atoms with Crippen molar-refractivity contribution < 1.29 is 9.13 Å². The van der Waals surface area contributed by atoms with Crippen molar-refractivity contribution in [2.75, 3.05) is 7.11 Å². The van der Waals surface area contributed by atoms with Crippen LogP contribution < -0.4 is 4.74 Å². The van der Waals surface area contributed by atoms with Gasteiger partial charge in [0.05, 0.1) is 7.11 Å². The first-order valence-electron chi connectivity index (χ1n) is 8.56. The van der Waals surface area contributed by atoms with Crippen LogP contribution in [0.4, 0.5) is 4.39 Å². The average molecular weight is 294 g/mol. The van der Waals surface area contributed by atoms with Gasteiger partial charge in [-0.1, -0.05) is 64.9 Å². The van der Waals surface area contributed by atoms with Gasteiger partial charge in [-0.25, -0.2) is 4.39 Å². The second kappa shape index (κ2) is 10.6. The Morgan fingerprint density at radius 1 is 0.952 bits per heavy atom. The van der Waals surface area contributed by atoms with Crippen LogP contribution in [0.3, 0.4) is 0 Å². The number of methoxy groups -OCH3 is 1. The van der Waals surface area contributed by atoms with Crippen LogP contribution in [-0.4, -0.2) is 7.11 Å². The Morgan fingerprint density at radius 2 is 1.57 bits per heavy atom. The molecule has 0 amide bonds. The van der Waals surface area contributed by atoms with E-state index in [0.717, 1.165) is 0 Å². The predicted octanol–water partition coefficient (Wildman–Crippen LogP) is 6.47. The van der Waals surface area contributed by atoms with Crippen LogP contribution in [0.2, 0.25) is 0 Å². The van der Waals surface area contributed by atoms with E-state index in [1.54, 1.807) is 6.07 Å². The normalized spacial score (nSPS) is 12.4. The van der Waals surface area contributed by atoms with Gasteiger partial charge in [-0.05, 0) is 36.5 Å². The summed E-state index contributed by atoms with van der Waals surface area (Å²) in [6.45, 7) is 4.47. The van der Waals surface area contributed by atoms with Crippen molar-refractivity contribution in [2.45, 2.75) is 77.6 Å². The summed E-state index contributed by atoms with van der Waals surface area (Å²) in [5, 5.41) is 0. The molecule has 1 unspecified atom stereocenters. The van der Waals surface area contributed by atoms with Gasteiger partial charge in [0.15, 0.2) is 11.6 Å². The van der Waals surface area contributed by atoms with Gasteiger partial charge < -0.3 is 4.74 Å². The maximum absolute atomic E-state index is 13.6. The fourth-order valence-electron chi connectivity index (χ4n) is 2.87. The quantitative estimate of drug-likeness (QED) is 0.425. The standard InChI is InChI=1S/C19H31FO/c1-4-6-8-10-12-16(11-9-7-5-2)17-13-14-18(20)19(15-17)21-3/h13-16H,4-12H2,1-3H3. The summed E-state index contributed by atoms with van der Waals surface area (Å²) in [5.74, 6) is 0.656. The Kier molecular flexibility index (Phi) is 9.12. The molecule has 0 saturated heterocycles. The van der Waals surface area contributed by atoms with Crippen LogP contribution in [0, 0.1) is 5.82 Å². The molecule has 2 heteroatoms.